The molecule has 2 atom stereocenters. The molecular weight excluding hydrogens is 418 g/mol. The van der Waals surface area contributed by atoms with Crippen LogP contribution in [0.3, 0.4) is 0 Å². The number of carbonyl (C=O) groups excluding carboxylic acids is 2. The smallest absolute Gasteiger partial charge is 0.333 e. The summed E-state index contributed by atoms with van der Waals surface area (Å²) in [5, 5.41) is 21.7. The Kier molecular flexibility index (Phi) is 12.1. The fraction of sp³-hybridized carbons (Fsp3) is 0.842. The summed E-state index contributed by atoms with van der Waals surface area (Å²) in [6.07, 6.45) is -1.85. The maximum absolute atomic E-state index is 12.3. The lowest BCUT2D eigenvalue weighted by Gasteiger charge is -2.35. The molecule has 0 aliphatic rings. The predicted octanol–water partition coefficient (Wildman–Crippen LogP) is 1.07. The second kappa shape index (κ2) is 12.9. The summed E-state index contributed by atoms with van der Waals surface area (Å²) in [5.41, 5.74) is -1.40. The summed E-state index contributed by atoms with van der Waals surface area (Å²) in [5.74, 6) is -2.73. The third-order valence-corrected chi connectivity index (χ3v) is 5.87. The van der Waals surface area contributed by atoms with Crippen molar-refractivity contribution in [3.63, 3.8) is 0 Å². The molecule has 1 amide bonds. The molecule has 0 saturated heterocycles. The monoisotopic (exact) mass is 453 g/mol. The highest BCUT2D eigenvalue weighted by molar-refractivity contribution is 7.86. The van der Waals surface area contributed by atoms with Crippen LogP contribution in [0.2, 0.25) is 0 Å². The first-order valence-corrected chi connectivity index (χ1v) is 11.5. The quantitative estimate of drug-likeness (QED) is 0.187. The molecular formula is C19H35NO9S. The van der Waals surface area contributed by atoms with Gasteiger partial charge in [0.2, 0.25) is 5.91 Å². The Bertz CT molecular complexity index is 673. The van der Waals surface area contributed by atoms with Crippen LogP contribution in [-0.2, 0) is 33.4 Å². The number of hydrogen-bond acceptors (Lipinski definition) is 8. The van der Waals surface area contributed by atoms with Crippen molar-refractivity contribution in [1.29, 1.82) is 0 Å². The number of aliphatic hydroxyl groups excluding tert-OH is 1. The van der Waals surface area contributed by atoms with E-state index in [1.165, 1.54) is 20.8 Å². The number of nitrogens with one attached hydrogen (secondary N) is 1. The van der Waals surface area contributed by atoms with Crippen molar-refractivity contribution in [2.24, 2.45) is 11.3 Å². The summed E-state index contributed by atoms with van der Waals surface area (Å²) in [6, 6.07) is 0. The molecule has 0 bridgehead atoms. The van der Waals surface area contributed by atoms with E-state index < -0.39 is 33.7 Å². The van der Waals surface area contributed by atoms with Crippen LogP contribution >= 0.6 is 0 Å². The molecule has 0 saturated carbocycles. The van der Waals surface area contributed by atoms with Crippen LogP contribution in [0.5, 0.6) is 0 Å². The van der Waals surface area contributed by atoms with E-state index in [1.807, 2.05) is 0 Å². The summed E-state index contributed by atoms with van der Waals surface area (Å²) in [6.45, 7) is 7.87. The number of carboxylic acid groups (broad SMARTS) is 1. The summed E-state index contributed by atoms with van der Waals surface area (Å²) in [7, 11) is -4.03. The average Bonchev–Trinajstić information content (AvgIpc) is 2.62. The first-order valence-electron chi connectivity index (χ1n) is 9.93. The lowest BCUT2D eigenvalue weighted by Crippen LogP contribution is -2.47. The zero-order valence-electron chi connectivity index (χ0n) is 18.3. The highest BCUT2D eigenvalue weighted by atomic mass is 32.2. The number of carboxylic acids is 1. The Morgan fingerprint density at radius 2 is 1.70 bits per heavy atom. The number of aliphatic carboxylic acids is 1. The average molecular weight is 454 g/mol. The van der Waals surface area contributed by atoms with E-state index in [9.17, 15) is 27.9 Å². The molecule has 0 heterocycles. The third kappa shape index (κ3) is 10.9. The number of carbonyl (C=O) groups is 3. The molecule has 11 heteroatoms. The van der Waals surface area contributed by atoms with Gasteiger partial charge in [-0.05, 0) is 25.7 Å². The molecule has 0 rings (SSSR count). The lowest BCUT2D eigenvalue weighted by atomic mass is 9.78. The standard InChI is InChI=1S/C19H35NO9S/c1-13(2)18(25)28-11-7-6-9-15(19(4,5)16(22)17(23)24)29-30(26,27)12-8-10-20-14(3)21/h13,15-16,22H,6-12H2,1-5H3,(H,20,21)(H,23,24)/t15?,16-/m0/s1. The Hall–Kier alpha value is -1.72. The first-order chi connectivity index (χ1) is 13.7. The number of aliphatic hydroxyl groups is 1. The van der Waals surface area contributed by atoms with Crippen LogP contribution in [0.4, 0.5) is 0 Å². The molecule has 0 fully saturated rings. The van der Waals surface area contributed by atoms with Crippen LogP contribution in [0.1, 0.15) is 60.3 Å². The van der Waals surface area contributed by atoms with Crippen molar-refractivity contribution in [2.75, 3.05) is 18.9 Å². The van der Waals surface area contributed by atoms with Crippen LogP contribution in [0.25, 0.3) is 0 Å². The van der Waals surface area contributed by atoms with Gasteiger partial charge in [0.15, 0.2) is 6.10 Å². The number of hydrogen-bond donors (Lipinski definition) is 3. The maximum atomic E-state index is 12.3. The van der Waals surface area contributed by atoms with Crippen LogP contribution in [-0.4, -0.2) is 67.6 Å². The highest BCUT2D eigenvalue weighted by Gasteiger charge is 2.43. The van der Waals surface area contributed by atoms with E-state index in [0.717, 1.165) is 0 Å². The molecule has 0 aromatic heterocycles. The number of ether oxygens (including phenoxy) is 1. The Morgan fingerprint density at radius 3 is 2.20 bits per heavy atom. The largest absolute Gasteiger partial charge is 0.479 e. The first kappa shape index (κ1) is 28.3. The molecule has 0 aliphatic carbocycles. The normalized spacial score (nSPS) is 14.2. The molecule has 0 aromatic carbocycles. The topological polar surface area (TPSA) is 156 Å². The van der Waals surface area contributed by atoms with E-state index in [1.54, 1.807) is 13.8 Å². The molecule has 30 heavy (non-hydrogen) atoms. The molecule has 3 N–H and O–H groups in total. The Labute approximate surface area is 178 Å². The van der Waals surface area contributed by atoms with Crippen molar-refractivity contribution in [3.05, 3.63) is 0 Å². The minimum absolute atomic E-state index is 0.127. The number of amides is 1. The molecule has 0 aromatic rings. The SMILES string of the molecule is CC(=O)NCCCS(=O)(=O)OC(CCCCOC(=O)C(C)C)C(C)(C)[C@@H](O)C(=O)O. The number of esters is 1. The van der Waals surface area contributed by atoms with Gasteiger partial charge in [-0.15, -0.1) is 0 Å². The van der Waals surface area contributed by atoms with E-state index in [4.69, 9.17) is 14.0 Å². The van der Waals surface area contributed by atoms with Crippen molar-refractivity contribution < 1.29 is 41.9 Å². The van der Waals surface area contributed by atoms with Gasteiger partial charge >= 0.3 is 11.9 Å². The second-order valence-corrected chi connectivity index (χ2v) is 9.78. The minimum atomic E-state index is -4.03. The predicted molar refractivity (Wildman–Crippen MR) is 109 cm³/mol. The van der Waals surface area contributed by atoms with Crippen LogP contribution < -0.4 is 5.32 Å². The van der Waals surface area contributed by atoms with Crippen molar-refractivity contribution in [2.45, 2.75) is 72.5 Å². The summed E-state index contributed by atoms with van der Waals surface area (Å²) >= 11 is 0. The zero-order valence-corrected chi connectivity index (χ0v) is 19.2. The maximum Gasteiger partial charge on any atom is 0.333 e. The Balaban J connectivity index is 5.01. The number of rotatable bonds is 15. The van der Waals surface area contributed by atoms with Gasteiger partial charge in [-0.3, -0.25) is 13.8 Å². The van der Waals surface area contributed by atoms with Gasteiger partial charge in [0, 0.05) is 18.9 Å². The Morgan fingerprint density at radius 1 is 1.10 bits per heavy atom. The summed E-state index contributed by atoms with van der Waals surface area (Å²) < 4.78 is 35.0. The van der Waals surface area contributed by atoms with E-state index in [0.29, 0.717) is 12.8 Å². The third-order valence-electron chi connectivity index (χ3n) is 4.55. The van der Waals surface area contributed by atoms with Gasteiger partial charge in [-0.2, -0.15) is 8.42 Å². The van der Waals surface area contributed by atoms with Crippen molar-refractivity contribution >= 4 is 28.0 Å². The number of unbranched alkanes of at least 4 members (excludes halogenated alkanes) is 1. The van der Waals surface area contributed by atoms with Gasteiger partial charge < -0.3 is 20.3 Å². The molecule has 1 unspecified atom stereocenters. The van der Waals surface area contributed by atoms with E-state index in [2.05, 4.69) is 5.32 Å². The second-order valence-electron chi connectivity index (χ2n) is 8.06. The van der Waals surface area contributed by atoms with E-state index in [-0.39, 0.29) is 49.5 Å². The summed E-state index contributed by atoms with van der Waals surface area (Å²) in [4.78, 5) is 33.6. The molecule has 176 valence electrons. The van der Waals surface area contributed by atoms with Gasteiger partial charge in [-0.1, -0.05) is 27.7 Å². The van der Waals surface area contributed by atoms with Crippen molar-refractivity contribution in [1.82, 2.24) is 5.32 Å². The fourth-order valence-corrected chi connectivity index (χ4v) is 3.84. The van der Waals surface area contributed by atoms with Gasteiger partial charge in [0.1, 0.15) is 0 Å². The molecule has 0 aliphatic heterocycles. The van der Waals surface area contributed by atoms with E-state index >= 15 is 0 Å². The minimum Gasteiger partial charge on any atom is -0.479 e. The van der Waals surface area contributed by atoms with Gasteiger partial charge in [0.25, 0.3) is 10.1 Å². The molecule has 0 spiro atoms. The highest BCUT2D eigenvalue weighted by Crippen LogP contribution is 2.33. The van der Waals surface area contributed by atoms with Crippen molar-refractivity contribution in [3.8, 4) is 0 Å². The lowest BCUT2D eigenvalue weighted by molar-refractivity contribution is -0.158. The fourth-order valence-electron chi connectivity index (χ4n) is 2.55. The zero-order chi connectivity index (χ0) is 23.5. The molecule has 0 radical (unpaired) electrons. The van der Waals surface area contributed by atoms with Gasteiger partial charge in [0.05, 0.1) is 24.4 Å². The molecule has 10 nitrogen and oxygen atoms in total. The van der Waals surface area contributed by atoms with Crippen LogP contribution in [0.15, 0.2) is 0 Å². The van der Waals surface area contributed by atoms with Crippen LogP contribution in [0, 0.1) is 11.3 Å². The van der Waals surface area contributed by atoms with Gasteiger partial charge in [-0.25, -0.2) is 4.79 Å².